The molecule has 26 heavy (non-hydrogen) atoms. The largest absolute Gasteiger partial charge is 0.422 e. The first-order chi connectivity index (χ1) is 12.5. The van der Waals surface area contributed by atoms with Crippen molar-refractivity contribution in [3.63, 3.8) is 0 Å². The third kappa shape index (κ3) is 2.92. The average molecular weight is 385 g/mol. The third-order valence-electron chi connectivity index (χ3n) is 4.00. The van der Waals surface area contributed by atoms with Gasteiger partial charge in [-0.05, 0) is 26.0 Å². The Hall–Kier alpha value is -2.87. The lowest BCUT2D eigenvalue weighted by Gasteiger charge is -2.21. The average Bonchev–Trinajstić information content (AvgIpc) is 3.05. The molecule has 130 valence electrons. The summed E-state index contributed by atoms with van der Waals surface area (Å²) in [4.78, 5) is 18.8. The topological polar surface area (TPSA) is 93.9 Å². The second-order valence-electron chi connectivity index (χ2n) is 5.35. The van der Waals surface area contributed by atoms with E-state index in [1.54, 1.807) is 12.1 Å². The second-order valence-corrected chi connectivity index (χ2v) is 6.73. The molecule has 3 aromatic rings. The van der Waals surface area contributed by atoms with Gasteiger partial charge in [-0.15, -0.1) is 11.3 Å². The van der Waals surface area contributed by atoms with E-state index in [9.17, 15) is 4.79 Å². The van der Waals surface area contributed by atoms with Crippen molar-refractivity contribution in [1.29, 1.82) is 10.5 Å². The predicted molar refractivity (Wildman–Crippen MR) is 102 cm³/mol. The van der Waals surface area contributed by atoms with Gasteiger partial charge in [-0.1, -0.05) is 11.6 Å². The van der Waals surface area contributed by atoms with Crippen LogP contribution in [0.3, 0.4) is 0 Å². The molecule has 8 heteroatoms. The Kier molecular flexibility index (Phi) is 4.94. The summed E-state index contributed by atoms with van der Waals surface area (Å²) in [7, 11) is 0. The van der Waals surface area contributed by atoms with Crippen molar-refractivity contribution in [3.05, 3.63) is 44.2 Å². The maximum atomic E-state index is 12.5. The number of halogens is 1. The van der Waals surface area contributed by atoms with Crippen molar-refractivity contribution in [2.45, 2.75) is 13.8 Å². The van der Waals surface area contributed by atoms with Gasteiger partial charge in [0.15, 0.2) is 5.69 Å². The molecule has 0 aliphatic heterocycles. The smallest absolute Gasteiger partial charge is 0.348 e. The molecule has 0 fully saturated rings. The first-order valence-electron chi connectivity index (χ1n) is 7.86. The molecule has 0 spiro atoms. The van der Waals surface area contributed by atoms with Gasteiger partial charge in [0, 0.05) is 30.2 Å². The molecule has 3 rings (SSSR count). The Bertz CT molecular complexity index is 1100. The number of hydrogen-bond donors (Lipinski definition) is 0. The van der Waals surface area contributed by atoms with E-state index in [1.807, 2.05) is 32.1 Å². The Morgan fingerprint density at radius 2 is 2.00 bits per heavy atom. The standard InChI is InChI=1S/C18H13ClN4O2S/c1-3-23(4-2)10-5-6-11-13(7-10)25-18(24)15(16(11)19)17-22-12(8-20)14(9-21)26-17/h5-7H,3-4H2,1-2H3. The lowest BCUT2D eigenvalue weighted by Crippen LogP contribution is -2.21. The van der Waals surface area contributed by atoms with E-state index in [2.05, 4.69) is 9.88 Å². The van der Waals surface area contributed by atoms with E-state index in [-0.39, 0.29) is 26.2 Å². The molecule has 0 aliphatic carbocycles. The minimum atomic E-state index is -0.651. The zero-order valence-corrected chi connectivity index (χ0v) is 15.6. The van der Waals surface area contributed by atoms with E-state index in [1.165, 1.54) is 0 Å². The molecule has 2 aromatic heterocycles. The Morgan fingerprint density at radius 1 is 1.27 bits per heavy atom. The van der Waals surface area contributed by atoms with Gasteiger partial charge < -0.3 is 9.32 Å². The third-order valence-corrected chi connectivity index (χ3v) is 5.38. The summed E-state index contributed by atoms with van der Waals surface area (Å²) in [5.41, 5.74) is 0.701. The van der Waals surface area contributed by atoms with Crippen molar-refractivity contribution in [3.8, 4) is 22.7 Å². The molecule has 0 N–H and O–H groups in total. The molecular formula is C18H13ClN4O2S. The van der Waals surface area contributed by atoms with Gasteiger partial charge in [0.05, 0.1) is 5.02 Å². The summed E-state index contributed by atoms with van der Waals surface area (Å²) in [5.74, 6) is 0. The number of anilines is 1. The highest BCUT2D eigenvalue weighted by molar-refractivity contribution is 7.15. The highest BCUT2D eigenvalue weighted by Gasteiger charge is 2.21. The minimum absolute atomic E-state index is 0.0278. The van der Waals surface area contributed by atoms with Crippen LogP contribution in [-0.4, -0.2) is 18.1 Å². The number of nitriles is 2. The fourth-order valence-electron chi connectivity index (χ4n) is 2.70. The molecule has 6 nitrogen and oxygen atoms in total. The molecule has 2 heterocycles. The van der Waals surface area contributed by atoms with Crippen molar-refractivity contribution in [2.75, 3.05) is 18.0 Å². The Morgan fingerprint density at radius 3 is 2.58 bits per heavy atom. The summed E-state index contributed by atoms with van der Waals surface area (Å²) in [6.45, 7) is 5.74. The molecule has 0 radical (unpaired) electrons. The van der Waals surface area contributed by atoms with Gasteiger partial charge in [-0.25, -0.2) is 9.78 Å². The SMILES string of the molecule is CCN(CC)c1ccc2c(Cl)c(-c3nc(C#N)c(C#N)s3)c(=O)oc2c1. The first kappa shape index (κ1) is 17.9. The fourth-order valence-corrected chi connectivity index (χ4v) is 3.93. The van der Waals surface area contributed by atoms with Crippen LogP contribution < -0.4 is 10.5 Å². The highest BCUT2D eigenvalue weighted by atomic mass is 35.5. The maximum Gasteiger partial charge on any atom is 0.348 e. The van der Waals surface area contributed by atoms with Crippen LogP contribution in [0.15, 0.2) is 27.4 Å². The molecule has 0 saturated carbocycles. The van der Waals surface area contributed by atoms with Crippen molar-refractivity contribution in [2.24, 2.45) is 0 Å². The van der Waals surface area contributed by atoms with E-state index >= 15 is 0 Å². The van der Waals surface area contributed by atoms with Gasteiger partial charge in [0.25, 0.3) is 0 Å². The normalized spacial score (nSPS) is 10.5. The van der Waals surface area contributed by atoms with Crippen LogP contribution in [0.2, 0.25) is 5.02 Å². The summed E-state index contributed by atoms with van der Waals surface area (Å²) in [6, 6.07) is 9.22. The van der Waals surface area contributed by atoms with E-state index in [0.29, 0.717) is 11.0 Å². The minimum Gasteiger partial charge on any atom is -0.422 e. The molecule has 0 aliphatic rings. The predicted octanol–water partition coefficient (Wildman–Crippen LogP) is 4.16. The molecular weight excluding hydrogens is 372 g/mol. The maximum absolute atomic E-state index is 12.5. The number of hydrogen-bond acceptors (Lipinski definition) is 7. The van der Waals surface area contributed by atoms with Gasteiger partial charge in [0.2, 0.25) is 0 Å². The van der Waals surface area contributed by atoms with Gasteiger partial charge in [-0.3, -0.25) is 0 Å². The van der Waals surface area contributed by atoms with Gasteiger partial charge in [-0.2, -0.15) is 10.5 Å². The summed E-state index contributed by atoms with van der Waals surface area (Å²) in [6.07, 6.45) is 0. The van der Waals surface area contributed by atoms with E-state index in [4.69, 9.17) is 26.5 Å². The summed E-state index contributed by atoms with van der Waals surface area (Å²) < 4.78 is 5.46. The highest BCUT2D eigenvalue weighted by Crippen LogP contribution is 2.35. The van der Waals surface area contributed by atoms with E-state index < -0.39 is 5.63 Å². The van der Waals surface area contributed by atoms with Crippen LogP contribution in [0.4, 0.5) is 5.69 Å². The number of aromatic nitrogens is 1. The summed E-state index contributed by atoms with van der Waals surface area (Å²) in [5, 5.41) is 19.1. The van der Waals surface area contributed by atoms with Crippen LogP contribution in [-0.2, 0) is 0 Å². The van der Waals surface area contributed by atoms with E-state index in [0.717, 1.165) is 30.1 Å². The fraction of sp³-hybridized carbons (Fsp3) is 0.222. The Balaban J connectivity index is 2.22. The number of fused-ring (bicyclic) bond motifs is 1. The molecule has 0 unspecified atom stereocenters. The van der Waals surface area contributed by atoms with Crippen molar-refractivity contribution < 1.29 is 4.42 Å². The molecule has 0 saturated heterocycles. The van der Waals surface area contributed by atoms with Gasteiger partial charge in [0.1, 0.15) is 33.2 Å². The van der Waals surface area contributed by atoms with Crippen molar-refractivity contribution in [1.82, 2.24) is 4.98 Å². The number of nitrogens with zero attached hydrogens (tertiary/aromatic N) is 4. The Labute approximate surface area is 158 Å². The molecule has 0 amide bonds. The quantitative estimate of drug-likeness (QED) is 0.627. The van der Waals surface area contributed by atoms with Crippen LogP contribution in [0.1, 0.15) is 24.4 Å². The van der Waals surface area contributed by atoms with Crippen LogP contribution in [0.5, 0.6) is 0 Å². The van der Waals surface area contributed by atoms with Gasteiger partial charge >= 0.3 is 5.63 Å². The first-order valence-corrected chi connectivity index (χ1v) is 9.06. The van der Waals surface area contributed by atoms with Crippen LogP contribution in [0, 0.1) is 22.7 Å². The monoisotopic (exact) mass is 384 g/mol. The zero-order chi connectivity index (χ0) is 18.8. The summed E-state index contributed by atoms with van der Waals surface area (Å²) >= 11 is 7.40. The van der Waals surface area contributed by atoms with Crippen molar-refractivity contribution >= 4 is 39.6 Å². The zero-order valence-electron chi connectivity index (χ0n) is 14.0. The second kappa shape index (κ2) is 7.17. The number of thiazole rings is 1. The lowest BCUT2D eigenvalue weighted by atomic mass is 10.1. The molecule has 0 atom stereocenters. The molecule has 0 bridgehead atoms. The van der Waals surface area contributed by atoms with Crippen LogP contribution >= 0.6 is 22.9 Å². The lowest BCUT2D eigenvalue weighted by molar-refractivity contribution is 0.563. The number of benzene rings is 1. The van der Waals surface area contributed by atoms with Crippen LogP contribution in [0.25, 0.3) is 21.5 Å². The molecule has 1 aromatic carbocycles. The number of rotatable bonds is 4.